The summed E-state index contributed by atoms with van der Waals surface area (Å²) in [4.78, 5) is 19.8. The van der Waals surface area contributed by atoms with E-state index in [2.05, 4.69) is 31.2 Å². The summed E-state index contributed by atoms with van der Waals surface area (Å²) in [5.41, 5.74) is 7.77. The van der Waals surface area contributed by atoms with Gasteiger partial charge in [-0.05, 0) is 17.7 Å². The van der Waals surface area contributed by atoms with Crippen LogP contribution in [0.5, 0.6) is 5.75 Å². The maximum Gasteiger partial charge on any atom is 0.271 e. The molecule has 1 aliphatic heterocycles. The Kier molecular flexibility index (Phi) is 3.74. The predicted octanol–water partition coefficient (Wildman–Crippen LogP) is 1.69. The Balaban J connectivity index is 1.73. The van der Waals surface area contributed by atoms with Gasteiger partial charge in [-0.15, -0.1) is 0 Å². The number of carbonyl (C=O) groups is 1. The number of halogens is 1. The Morgan fingerprint density at radius 1 is 1.38 bits per heavy atom. The molecule has 1 aromatic carbocycles. The van der Waals surface area contributed by atoms with E-state index < -0.39 is 0 Å². The highest BCUT2D eigenvalue weighted by molar-refractivity contribution is 9.10. The normalized spacial score (nSPS) is 12.6. The number of nitrogens with one attached hydrogen (secondary N) is 1. The second kappa shape index (κ2) is 5.69. The molecule has 0 aliphatic carbocycles. The number of hydrogen-bond donors (Lipinski definition) is 2. The first-order valence-electron chi connectivity index (χ1n) is 6.43. The highest BCUT2D eigenvalue weighted by Gasteiger charge is 2.18. The van der Waals surface area contributed by atoms with Gasteiger partial charge >= 0.3 is 0 Å². The van der Waals surface area contributed by atoms with Crippen molar-refractivity contribution >= 4 is 27.7 Å². The van der Waals surface area contributed by atoms with Crippen molar-refractivity contribution in [3.63, 3.8) is 0 Å². The number of ether oxygens (including phenoxy) is 1. The van der Waals surface area contributed by atoms with Crippen LogP contribution in [0.4, 0.5) is 5.82 Å². The molecule has 6 nitrogen and oxygen atoms in total. The van der Waals surface area contributed by atoms with Crippen molar-refractivity contribution in [2.75, 3.05) is 12.3 Å². The minimum absolute atomic E-state index is 0.233. The number of fused-ring (bicyclic) bond motifs is 1. The summed E-state index contributed by atoms with van der Waals surface area (Å²) in [5.74, 6) is 0.848. The Hall–Kier alpha value is -2.15. The van der Waals surface area contributed by atoms with Gasteiger partial charge in [0.25, 0.3) is 5.91 Å². The first-order valence-corrected chi connectivity index (χ1v) is 7.22. The molecule has 1 amide bonds. The summed E-state index contributed by atoms with van der Waals surface area (Å²) in [6, 6.07) is 3.98. The van der Waals surface area contributed by atoms with Crippen molar-refractivity contribution in [1.82, 2.24) is 15.3 Å². The number of anilines is 1. The SMILES string of the molecule is Nc1cnc(C(=O)NCc2cc(Br)cc3c2OCC3)cn1. The van der Waals surface area contributed by atoms with Gasteiger partial charge in [-0.1, -0.05) is 15.9 Å². The molecule has 3 N–H and O–H groups in total. The number of amides is 1. The van der Waals surface area contributed by atoms with Crippen LogP contribution in [0.15, 0.2) is 29.0 Å². The number of nitrogen functional groups attached to an aromatic ring is 1. The monoisotopic (exact) mass is 348 g/mol. The van der Waals surface area contributed by atoms with Crippen molar-refractivity contribution in [3.05, 3.63) is 45.8 Å². The number of nitrogens with zero attached hydrogens (tertiary/aromatic N) is 2. The van der Waals surface area contributed by atoms with E-state index in [0.29, 0.717) is 13.2 Å². The Morgan fingerprint density at radius 3 is 3.00 bits per heavy atom. The van der Waals surface area contributed by atoms with E-state index in [1.165, 1.54) is 12.4 Å². The molecule has 0 saturated carbocycles. The van der Waals surface area contributed by atoms with Gasteiger partial charge in [-0.2, -0.15) is 0 Å². The minimum atomic E-state index is -0.297. The van der Waals surface area contributed by atoms with Gasteiger partial charge in [-0.3, -0.25) is 4.79 Å². The van der Waals surface area contributed by atoms with E-state index >= 15 is 0 Å². The quantitative estimate of drug-likeness (QED) is 0.880. The van der Waals surface area contributed by atoms with Crippen LogP contribution in [0.25, 0.3) is 0 Å². The number of nitrogens with two attached hydrogens (primary N) is 1. The van der Waals surface area contributed by atoms with E-state index in [1.807, 2.05) is 12.1 Å². The van der Waals surface area contributed by atoms with Crippen LogP contribution in [0.1, 0.15) is 21.6 Å². The largest absolute Gasteiger partial charge is 0.493 e. The van der Waals surface area contributed by atoms with Gasteiger partial charge < -0.3 is 15.8 Å². The average Bonchev–Trinajstić information content (AvgIpc) is 2.93. The van der Waals surface area contributed by atoms with E-state index in [1.54, 1.807) is 0 Å². The van der Waals surface area contributed by atoms with Crippen LogP contribution in [0.3, 0.4) is 0 Å². The van der Waals surface area contributed by atoms with Gasteiger partial charge in [0.15, 0.2) is 0 Å². The fraction of sp³-hybridized carbons (Fsp3) is 0.214. The molecule has 2 aromatic rings. The molecule has 21 heavy (non-hydrogen) atoms. The molecule has 108 valence electrons. The standard InChI is InChI=1S/C14H13BrN4O2/c15-10-3-8-1-2-21-13(8)9(4-10)5-19-14(20)11-6-18-12(16)7-17-11/h3-4,6-7H,1-2,5H2,(H2,16,18)(H,19,20). The van der Waals surface area contributed by atoms with E-state index in [4.69, 9.17) is 10.5 Å². The second-order valence-electron chi connectivity index (χ2n) is 4.66. The van der Waals surface area contributed by atoms with Crippen molar-refractivity contribution in [2.45, 2.75) is 13.0 Å². The lowest BCUT2D eigenvalue weighted by atomic mass is 10.1. The van der Waals surface area contributed by atoms with Gasteiger partial charge in [-0.25, -0.2) is 9.97 Å². The zero-order chi connectivity index (χ0) is 14.8. The van der Waals surface area contributed by atoms with Crippen molar-refractivity contribution in [3.8, 4) is 5.75 Å². The third-order valence-electron chi connectivity index (χ3n) is 3.17. The van der Waals surface area contributed by atoms with Crippen LogP contribution < -0.4 is 15.8 Å². The smallest absolute Gasteiger partial charge is 0.271 e. The summed E-state index contributed by atoms with van der Waals surface area (Å²) in [7, 11) is 0. The van der Waals surface area contributed by atoms with Crippen molar-refractivity contribution < 1.29 is 9.53 Å². The van der Waals surface area contributed by atoms with E-state index in [-0.39, 0.29) is 17.4 Å². The first kappa shape index (κ1) is 13.8. The lowest BCUT2D eigenvalue weighted by molar-refractivity contribution is 0.0945. The summed E-state index contributed by atoms with van der Waals surface area (Å²) < 4.78 is 6.60. The van der Waals surface area contributed by atoms with Gasteiger partial charge in [0, 0.05) is 23.0 Å². The van der Waals surface area contributed by atoms with Crippen LogP contribution in [-0.4, -0.2) is 22.5 Å². The highest BCUT2D eigenvalue weighted by Crippen LogP contribution is 2.32. The molecule has 0 saturated heterocycles. The summed E-state index contributed by atoms with van der Waals surface area (Å²) >= 11 is 3.47. The molecule has 1 aromatic heterocycles. The fourth-order valence-corrected chi connectivity index (χ4v) is 2.75. The molecule has 0 fully saturated rings. The van der Waals surface area contributed by atoms with Crippen molar-refractivity contribution in [1.29, 1.82) is 0 Å². The summed E-state index contributed by atoms with van der Waals surface area (Å²) in [6.45, 7) is 1.04. The van der Waals surface area contributed by atoms with Gasteiger partial charge in [0.1, 0.15) is 17.3 Å². The first-order chi connectivity index (χ1) is 10.1. The molecule has 0 unspecified atom stereocenters. The molecule has 1 aliphatic rings. The molecule has 0 radical (unpaired) electrons. The molecule has 7 heteroatoms. The Morgan fingerprint density at radius 2 is 2.24 bits per heavy atom. The number of rotatable bonds is 3. The molecule has 0 bridgehead atoms. The minimum Gasteiger partial charge on any atom is -0.493 e. The van der Waals surface area contributed by atoms with Gasteiger partial charge in [0.05, 0.1) is 19.0 Å². The molecule has 0 atom stereocenters. The van der Waals surface area contributed by atoms with Crippen LogP contribution in [0.2, 0.25) is 0 Å². The number of hydrogen-bond acceptors (Lipinski definition) is 5. The fourth-order valence-electron chi connectivity index (χ4n) is 2.20. The summed E-state index contributed by atoms with van der Waals surface area (Å²) in [6.07, 6.45) is 3.60. The molecule has 2 heterocycles. The van der Waals surface area contributed by atoms with Crippen LogP contribution >= 0.6 is 15.9 Å². The number of benzene rings is 1. The van der Waals surface area contributed by atoms with E-state index in [0.717, 1.165) is 27.8 Å². The molecule has 3 rings (SSSR count). The van der Waals surface area contributed by atoms with Crippen LogP contribution in [0, 0.1) is 0 Å². The number of carbonyl (C=O) groups excluding carboxylic acids is 1. The lowest BCUT2D eigenvalue weighted by Crippen LogP contribution is -2.24. The third kappa shape index (κ3) is 2.97. The summed E-state index contributed by atoms with van der Waals surface area (Å²) in [5, 5.41) is 2.81. The molecular weight excluding hydrogens is 336 g/mol. The van der Waals surface area contributed by atoms with E-state index in [9.17, 15) is 4.79 Å². The zero-order valence-corrected chi connectivity index (χ0v) is 12.7. The van der Waals surface area contributed by atoms with Crippen LogP contribution in [-0.2, 0) is 13.0 Å². The zero-order valence-electron chi connectivity index (χ0n) is 11.1. The van der Waals surface area contributed by atoms with Gasteiger partial charge in [0.2, 0.25) is 0 Å². The maximum atomic E-state index is 12.0. The van der Waals surface area contributed by atoms with Crippen molar-refractivity contribution in [2.24, 2.45) is 0 Å². The lowest BCUT2D eigenvalue weighted by Gasteiger charge is -2.10. The highest BCUT2D eigenvalue weighted by atomic mass is 79.9. The Bertz CT molecular complexity index is 688. The predicted molar refractivity (Wildman–Crippen MR) is 81.0 cm³/mol. The average molecular weight is 349 g/mol. The maximum absolute atomic E-state index is 12.0. The number of aromatic nitrogens is 2. The molecular formula is C14H13BrN4O2. The Labute approximate surface area is 129 Å². The second-order valence-corrected chi connectivity index (χ2v) is 5.58. The topological polar surface area (TPSA) is 90.1 Å². The molecule has 0 spiro atoms. The third-order valence-corrected chi connectivity index (χ3v) is 3.63.